The van der Waals surface area contributed by atoms with Crippen molar-refractivity contribution in [2.24, 2.45) is 0 Å². The zero-order chi connectivity index (χ0) is 11.5. The Morgan fingerprint density at radius 1 is 1.00 bits per heavy atom. The third kappa shape index (κ3) is 2.60. The maximum atomic E-state index is 5.24. The van der Waals surface area contributed by atoms with E-state index in [1.165, 1.54) is 5.69 Å². The normalized spacial score (nSPS) is 23.3. The van der Waals surface area contributed by atoms with E-state index in [4.69, 9.17) is 4.74 Å². The number of anilines is 1. The second-order valence-corrected chi connectivity index (χ2v) is 4.69. The van der Waals surface area contributed by atoms with Crippen LogP contribution < -0.4 is 5.43 Å². The van der Waals surface area contributed by atoms with E-state index in [-0.39, 0.29) is 0 Å². The Balaban J connectivity index is 1.48. The minimum Gasteiger partial charge on any atom is -0.378 e. The molecule has 2 fully saturated rings. The molecule has 0 saturated carbocycles. The fraction of sp³-hybridized carbons (Fsp3) is 0.538. The molecule has 1 aromatic carbocycles. The number of piperazine rings is 1. The van der Waals surface area contributed by atoms with Crippen molar-refractivity contribution in [2.45, 2.75) is 6.04 Å². The van der Waals surface area contributed by atoms with Gasteiger partial charge >= 0.3 is 0 Å². The first kappa shape index (κ1) is 11.0. The topological polar surface area (TPSA) is 27.7 Å². The van der Waals surface area contributed by atoms with E-state index in [0.29, 0.717) is 6.04 Å². The van der Waals surface area contributed by atoms with Crippen LogP contribution in [0.1, 0.15) is 0 Å². The van der Waals surface area contributed by atoms with Crippen molar-refractivity contribution >= 4 is 5.69 Å². The summed E-state index contributed by atoms with van der Waals surface area (Å²) in [5.74, 6) is 0. The third-order valence-electron chi connectivity index (χ3n) is 3.51. The number of nitrogens with zero attached hydrogens (tertiary/aromatic N) is 2. The highest BCUT2D eigenvalue weighted by Gasteiger charge is 2.28. The largest absolute Gasteiger partial charge is 0.378 e. The van der Waals surface area contributed by atoms with Gasteiger partial charge in [-0.05, 0) is 12.1 Å². The fourth-order valence-corrected chi connectivity index (χ4v) is 2.33. The van der Waals surface area contributed by atoms with Gasteiger partial charge in [0.2, 0.25) is 0 Å². The zero-order valence-electron chi connectivity index (χ0n) is 10.0. The van der Waals surface area contributed by atoms with Crippen LogP contribution in [0, 0.1) is 0 Å². The molecule has 4 heteroatoms. The van der Waals surface area contributed by atoms with E-state index in [1.54, 1.807) is 0 Å². The molecular formula is C13H19N3O. The standard InChI is InChI=1S/C13H19N3O/c1-2-4-12(5-3-1)14-16-8-6-15(7-9-16)13-10-17-11-13/h1-5,13-14H,6-11H2. The molecule has 0 unspecified atom stereocenters. The smallest absolute Gasteiger partial charge is 0.0645 e. The maximum Gasteiger partial charge on any atom is 0.0645 e. The van der Waals surface area contributed by atoms with Gasteiger partial charge in [0, 0.05) is 31.9 Å². The second kappa shape index (κ2) is 5.04. The number of hydrogen-bond acceptors (Lipinski definition) is 4. The van der Waals surface area contributed by atoms with Crippen LogP contribution in [0.5, 0.6) is 0 Å². The van der Waals surface area contributed by atoms with Crippen molar-refractivity contribution in [1.82, 2.24) is 9.91 Å². The minimum absolute atomic E-state index is 0.675. The SMILES string of the molecule is c1ccc(NN2CCN(C3COC3)CC2)cc1. The van der Waals surface area contributed by atoms with Crippen molar-refractivity contribution in [3.8, 4) is 0 Å². The summed E-state index contributed by atoms with van der Waals surface area (Å²) < 4.78 is 5.24. The summed E-state index contributed by atoms with van der Waals surface area (Å²) in [6.45, 7) is 6.26. The number of ether oxygens (including phenoxy) is 1. The van der Waals surface area contributed by atoms with Crippen LogP contribution in [-0.4, -0.2) is 55.3 Å². The molecule has 0 radical (unpaired) electrons. The van der Waals surface area contributed by atoms with Crippen LogP contribution in [0.25, 0.3) is 0 Å². The molecule has 0 amide bonds. The second-order valence-electron chi connectivity index (χ2n) is 4.69. The highest BCUT2D eigenvalue weighted by molar-refractivity contribution is 5.41. The molecule has 1 aromatic rings. The van der Waals surface area contributed by atoms with Gasteiger partial charge in [0.15, 0.2) is 0 Å². The summed E-state index contributed by atoms with van der Waals surface area (Å²) in [7, 11) is 0. The van der Waals surface area contributed by atoms with E-state index < -0.39 is 0 Å². The summed E-state index contributed by atoms with van der Waals surface area (Å²) in [6, 6.07) is 11.0. The molecule has 0 aliphatic carbocycles. The van der Waals surface area contributed by atoms with Gasteiger partial charge in [-0.3, -0.25) is 4.90 Å². The van der Waals surface area contributed by atoms with Crippen molar-refractivity contribution in [1.29, 1.82) is 0 Å². The molecule has 0 bridgehead atoms. The van der Waals surface area contributed by atoms with Crippen LogP contribution in [0.3, 0.4) is 0 Å². The molecule has 0 aromatic heterocycles. The van der Waals surface area contributed by atoms with Crippen LogP contribution in [0.2, 0.25) is 0 Å². The van der Waals surface area contributed by atoms with Gasteiger partial charge in [0.25, 0.3) is 0 Å². The fourth-order valence-electron chi connectivity index (χ4n) is 2.33. The summed E-state index contributed by atoms with van der Waals surface area (Å²) in [4.78, 5) is 2.53. The predicted octanol–water partition coefficient (Wildman–Crippen LogP) is 1.03. The quantitative estimate of drug-likeness (QED) is 0.844. The molecule has 0 atom stereocenters. The highest BCUT2D eigenvalue weighted by atomic mass is 16.5. The van der Waals surface area contributed by atoms with E-state index >= 15 is 0 Å². The van der Waals surface area contributed by atoms with E-state index in [0.717, 1.165) is 39.4 Å². The summed E-state index contributed by atoms with van der Waals surface area (Å²) >= 11 is 0. The lowest BCUT2D eigenvalue weighted by atomic mass is 10.2. The van der Waals surface area contributed by atoms with Gasteiger partial charge in [-0.2, -0.15) is 0 Å². The molecule has 17 heavy (non-hydrogen) atoms. The van der Waals surface area contributed by atoms with E-state index in [2.05, 4.69) is 39.6 Å². The van der Waals surface area contributed by atoms with Crippen molar-refractivity contribution in [3.05, 3.63) is 30.3 Å². The Morgan fingerprint density at radius 2 is 1.71 bits per heavy atom. The van der Waals surface area contributed by atoms with Gasteiger partial charge in [-0.1, -0.05) is 18.2 Å². The summed E-state index contributed by atoms with van der Waals surface area (Å²) in [5, 5.41) is 2.30. The van der Waals surface area contributed by atoms with Crippen molar-refractivity contribution < 1.29 is 4.74 Å². The Hall–Kier alpha value is -1.10. The van der Waals surface area contributed by atoms with Gasteiger partial charge in [-0.25, -0.2) is 5.01 Å². The Bertz CT molecular complexity index is 345. The van der Waals surface area contributed by atoms with Crippen LogP contribution in [0.15, 0.2) is 30.3 Å². The van der Waals surface area contributed by atoms with E-state index in [1.807, 2.05) is 6.07 Å². The first-order valence-electron chi connectivity index (χ1n) is 6.30. The monoisotopic (exact) mass is 233 g/mol. The number of benzene rings is 1. The summed E-state index contributed by atoms with van der Waals surface area (Å²) in [6.07, 6.45) is 0. The zero-order valence-corrected chi connectivity index (χ0v) is 10.0. The maximum absolute atomic E-state index is 5.24. The number of hydrazine groups is 1. The molecule has 3 rings (SSSR count). The van der Waals surface area contributed by atoms with Gasteiger partial charge in [-0.15, -0.1) is 0 Å². The number of para-hydroxylation sites is 1. The molecule has 92 valence electrons. The van der Waals surface area contributed by atoms with Crippen LogP contribution >= 0.6 is 0 Å². The van der Waals surface area contributed by atoms with Crippen LogP contribution in [0.4, 0.5) is 5.69 Å². The van der Waals surface area contributed by atoms with Crippen molar-refractivity contribution in [2.75, 3.05) is 44.8 Å². The van der Waals surface area contributed by atoms with Gasteiger partial charge in [0.1, 0.15) is 0 Å². The van der Waals surface area contributed by atoms with Gasteiger partial charge < -0.3 is 10.2 Å². The molecule has 2 heterocycles. The molecule has 2 saturated heterocycles. The number of hydrogen-bond donors (Lipinski definition) is 1. The van der Waals surface area contributed by atoms with E-state index in [9.17, 15) is 0 Å². The molecule has 2 aliphatic heterocycles. The average Bonchev–Trinajstić information content (AvgIpc) is 2.31. The lowest BCUT2D eigenvalue weighted by molar-refractivity contribution is -0.0752. The summed E-state index contributed by atoms with van der Waals surface area (Å²) in [5.41, 5.74) is 4.63. The Morgan fingerprint density at radius 3 is 2.29 bits per heavy atom. The third-order valence-corrected chi connectivity index (χ3v) is 3.51. The molecule has 2 aliphatic rings. The molecule has 1 N–H and O–H groups in total. The van der Waals surface area contributed by atoms with Gasteiger partial charge in [0.05, 0.1) is 19.3 Å². The number of nitrogens with one attached hydrogen (secondary N) is 1. The first-order chi connectivity index (χ1) is 8.42. The molecular weight excluding hydrogens is 214 g/mol. The Labute approximate surface area is 102 Å². The number of rotatable bonds is 3. The van der Waals surface area contributed by atoms with Crippen molar-refractivity contribution in [3.63, 3.8) is 0 Å². The Kier molecular flexibility index (Phi) is 3.27. The first-order valence-corrected chi connectivity index (χ1v) is 6.30. The lowest BCUT2D eigenvalue weighted by Crippen LogP contribution is -2.57. The molecule has 4 nitrogen and oxygen atoms in total. The average molecular weight is 233 g/mol. The predicted molar refractivity (Wildman–Crippen MR) is 67.8 cm³/mol. The highest BCUT2D eigenvalue weighted by Crippen LogP contribution is 2.14. The minimum atomic E-state index is 0.675. The van der Waals surface area contributed by atoms with Crippen LogP contribution in [-0.2, 0) is 4.74 Å². The lowest BCUT2D eigenvalue weighted by Gasteiger charge is -2.42. The molecule has 0 spiro atoms.